The molecule has 7 heteroatoms. The van der Waals surface area contributed by atoms with Crippen LogP contribution in [0.2, 0.25) is 5.02 Å². The second-order valence-electron chi connectivity index (χ2n) is 5.33. The van der Waals surface area contributed by atoms with Gasteiger partial charge in [0.1, 0.15) is 17.8 Å². The van der Waals surface area contributed by atoms with Crippen LogP contribution in [0.1, 0.15) is 11.3 Å². The van der Waals surface area contributed by atoms with E-state index in [9.17, 15) is 9.59 Å². The molecular formula is C18H15ClN2O4. The van der Waals surface area contributed by atoms with E-state index in [0.717, 1.165) is 5.56 Å². The molecule has 2 aromatic heterocycles. The van der Waals surface area contributed by atoms with Gasteiger partial charge in [-0.15, -0.1) is 0 Å². The minimum Gasteiger partial charge on any atom is -0.472 e. The number of carbonyl (C=O) groups excluding carboxylic acids is 2. The van der Waals surface area contributed by atoms with Crippen molar-refractivity contribution in [3.05, 3.63) is 65.3 Å². The fourth-order valence-electron chi connectivity index (χ4n) is 2.20. The van der Waals surface area contributed by atoms with Crippen LogP contribution < -0.4 is 10.6 Å². The molecule has 128 valence electrons. The second kappa shape index (κ2) is 7.27. The predicted octanol–water partition coefficient (Wildman–Crippen LogP) is 3.76. The standard InChI is InChI=1S/C18H15ClN2O4/c1-11-14(19)3-2-4-15(11)21-18(23)17(22)20-9-13-5-6-16(25-13)12-7-8-24-10-12/h2-8,10H,9H2,1H3,(H,20,22)(H,21,23). The minimum atomic E-state index is -0.771. The Labute approximate surface area is 148 Å². The first kappa shape index (κ1) is 16.9. The fourth-order valence-corrected chi connectivity index (χ4v) is 2.38. The highest BCUT2D eigenvalue weighted by Gasteiger charge is 2.16. The molecule has 3 aromatic rings. The molecule has 3 rings (SSSR count). The molecule has 0 fully saturated rings. The van der Waals surface area contributed by atoms with E-state index in [1.54, 1.807) is 55.8 Å². The van der Waals surface area contributed by atoms with Crippen molar-refractivity contribution >= 4 is 29.1 Å². The first-order valence-electron chi connectivity index (χ1n) is 7.50. The van der Waals surface area contributed by atoms with Gasteiger partial charge in [-0.2, -0.15) is 0 Å². The summed E-state index contributed by atoms with van der Waals surface area (Å²) in [4.78, 5) is 23.9. The van der Waals surface area contributed by atoms with Gasteiger partial charge in [0.25, 0.3) is 0 Å². The summed E-state index contributed by atoms with van der Waals surface area (Å²) in [7, 11) is 0. The lowest BCUT2D eigenvalue weighted by Gasteiger charge is -2.09. The number of nitrogens with one attached hydrogen (secondary N) is 2. The van der Waals surface area contributed by atoms with E-state index in [-0.39, 0.29) is 6.54 Å². The predicted molar refractivity (Wildman–Crippen MR) is 93.1 cm³/mol. The van der Waals surface area contributed by atoms with Gasteiger partial charge < -0.3 is 19.5 Å². The molecule has 0 saturated heterocycles. The molecule has 0 radical (unpaired) electrons. The first-order valence-corrected chi connectivity index (χ1v) is 7.88. The third-order valence-corrected chi connectivity index (χ3v) is 4.02. The van der Waals surface area contributed by atoms with E-state index in [0.29, 0.717) is 27.8 Å². The Morgan fingerprint density at radius 3 is 2.72 bits per heavy atom. The van der Waals surface area contributed by atoms with Crippen molar-refractivity contribution in [2.75, 3.05) is 5.32 Å². The minimum absolute atomic E-state index is 0.0959. The number of amides is 2. The average Bonchev–Trinajstić information content (AvgIpc) is 3.27. The number of carbonyl (C=O) groups is 2. The molecule has 25 heavy (non-hydrogen) atoms. The van der Waals surface area contributed by atoms with Gasteiger partial charge in [0, 0.05) is 10.7 Å². The van der Waals surface area contributed by atoms with Crippen molar-refractivity contribution in [1.29, 1.82) is 0 Å². The maximum atomic E-state index is 12.0. The molecular weight excluding hydrogens is 344 g/mol. The largest absolute Gasteiger partial charge is 0.472 e. The van der Waals surface area contributed by atoms with E-state index >= 15 is 0 Å². The van der Waals surface area contributed by atoms with Crippen molar-refractivity contribution in [2.45, 2.75) is 13.5 Å². The number of rotatable bonds is 4. The van der Waals surface area contributed by atoms with Crippen molar-refractivity contribution in [2.24, 2.45) is 0 Å². The zero-order chi connectivity index (χ0) is 17.8. The van der Waals surface area contributed by atoms with Gasteiger partial charge in [0.05, 0.1) is 18.4 Å². The first-order chi connectivity index (χ1) is 12.0. The number of benzene rings is 1. The molecule has 0 aliphatic rings. The van der Waals surface area contributed by atoms with Crippen LogP contribution in [0.4, 0.5) is 5.69 Å². The smallest absolute Gasteiger partial charge is 0.313 e. The lowest BCUT2D eigenvalue weighted by atomic mass is 10.2. The second-order valence-corrected chi connectivity index (χ2v) is 5.73. The maximum absolute atomic E-state index is 12.0. The zero-order valence-electron chi connectivity index (χ0n) is 13.3. The Morgan fingerprint density at radius 2 is 1.96 bits per heavy atom. The van der Waals surface area contributed by atoms with Gasteiger partial charge in [-0.25, -0.2) is 0 Å². The number of anilines is 1. The van der Waals surface area contributed by atoms with Gasteiger partial charge in [0.15, 0.2) is 0 Å². The van der Waals surface area contributed by atoms with Crippen LogP contribution in [-0.4, -0.2) is 11.8 Å². The summed E-state index contributed by atoms with van der Waals surface area (Å²) < 4.78 is 10.6. The van der Waals surface area contributed by atoms with Crippen LogP contribution in [0.3, 0.4) is 0 Å². The summed E-state index contributed by atoms with van der Waals surface area (Å²) in [6.45, 7) is 1.86. The molecule has 0 atom stereocenters. The Balaban J connectivity index is 1.57. The number of halogens is 1. The van der Waals surface area contributed by atoms with E-state index in [2.05, 4.69) is 10.6 Å². The molecule has 2 heterocycles. The fraction of sp³-hybridized carbons (Fsp3) is 0.111. The number of furan rings is 2. The third kappa shape index (κ3) is 3.92. The number of hydrogen-bond acceptors (Lipinski definition) is 4. The van der Waals surface area contributed by atoms with Crippen molar-refractivity contribution in [3.8, 4) is 11.3 Å². The molecule has 0 spiro atoms. The molecule has 2 amide bonds. The average molecular weight is 359 g/mol. The quantitative estimate of drug-likeness (QED) is 0.695. The summed E-state index contributed by atoms with van der Waals surface area (Å²) in [5.41, 5.74) is 1.99. The summed E-state index contributed by atoms with van der Waals surface area (Å²) in [6, 6.07) is 10.3. The molecule has 1 aromatic carbocycles. The van der Waals surface area contributed by atoms with E-state index < -0.39 is 11.8 Å². The van der Waals surface area contributed by atoms with E-state index in [4.69, 9.17) is 20.4 Å². The van der Waals surface area contributed by atoms with Crippen LogP contribution in [0, 0.1) is 6.92 Å². The summed E-state index contributed by atoms with van der Waals surface area (Å²) >= 11 is 5.99. The molecule has 0 bridgehead atoms. The van der Waals surface area contributed by atoms with Gasteiger partial charge >= 0.3 is 11.8 Å². The normalized spacial score (nSPS) is 10.5. The van der Waals surface area contributed by atoms with Gasteiger partial charge in [-0.1, -0.05) is 17.7 Å². The topological polar surface area (TPSA) is 84.5 Å². The highest BCUT2D eigenvalue weighted by atomic mass is 35.5. The lowest BCUT2D eigenvalue weighted by Crippen LogP contribution is -2.35. The Hall–Kier alpha value is -2.99. The van der Waals surface area contributed by atoms with E-state index in [1.807, 2.05) is 0 Å². The highest BCUT2D eigenvalue weighted by Crippen LogP contribution is 2.23. The lowest BCUT2D eigenvalue weighted by molar-refractivity contribution is -0.136. The Kier molecular flexibility index (Phi) is 4.90. The van der Waals surface area contributed by atoms with Crippen molar-refractivity contribution in [3.63, 3.8) is 0 Å². The van der Waals surface area contributed by atoms with Crippen LogP contribution in [0.25, 0.3) is 11.3 Å². The summed E-state index contributed by atoms with van der Waals surface area (Å²) in [5.74, 6) is -0.388. The van der Waals surface area contributed by atoms with Crippen LogP contribution >= 0.6 is 11.6 Å². The SMILES string of the molecule is Cc1c(Cl)cccc1NC(=O)C(=O)NCc1ccc(-c2ccoc2)o1. The third-order valence-electron chi connectivity index (χ3n) is 3.61. The van der Waals surface area contributed by atoms with E-state index in [1.165, 1.54) is 0 Å². The molecule has 0 saturated carbocycles. The van der Waals surface area contributed by atoms with Gasteiger partial charge in [-0.3, -0.25) is 9.59 Å². The van der Waals surface area contributed by atoms with Crippen LogP contribution in [0.15, 0.2) is 57.8 Å². The summed E-state index contributed by atoms with van der Waals surface area (Å²) in [6.07, 6.45) is 3.10. The Morgan fingerprint density at radius 1 is 1.12 bits per heavy atom. The highest BCUT2D eigenvalue weighted by molar-refractivity contribution is 6.40. The van der Waals surface area contributed by atoms with Gasteiger partial charge in [-0.05, 0) is 42.8 Å². The molecule has 0 aliphatic carbocycles. The van der Waals surface area contributed by atoms with Crippen molar-refractivity contribution < 1.29 is 18.4 Å². The zero-order valence-corrected chi connectivity index (χ0v) is 14.1. The molecule has 2 N–H and O–H groups in total. The van der Waals surface area contributed by atoms with Crippen molar-refractivity contribution in [1.82, 2.24) is 5.32 Å². The molecule has 0 aliphatic heterocycles. The Bertz CT molecular complexity index is 900. The molecule has 6 nitrogen and oxygen atoms in total. The van der Waals surface area contributed by atoms with Crippen LogP contribution in [-0.2, 0) is 16.1 Å². The maximum Gasteiger partial charge on any atom is 0.313 e. The molecule has 0 unspecified atom stereocenters. The van der Waals surface area contributed by atoms with Gasteiger partial charge in [0.2, 0.25) is 0 Å². The monoisotopic (exact) mass is 358 g/mol. The van der Waals surface area contributed by atoms with Crippen LogP contribution in [0.5, 0.6) is 0 Å². The number of hydrogen-bond donors (Lipinski definition) is 2. The summed E-state index contributed by atoms with van der Waals surface area (Å²) in [5, 5.41) is 5.56.